The van der Waals surface area contributed by atoms with E-state index in [1.165, 1.54) is 6.92 Å². The molecule has 0 saturated carbocycles. The SMILES string of the molecule is CC(=O)Oc1ccc(N=Cc2cc(B3OC(C)(C)C(C)(C)O3)cc(Cl)c2N)cc1. The van der Waals surface area contributed by atoms with Gasteiger partial charge in [0.1, 0.15) is 5.75 Å². The molecule has 6 nitrogen and oxygen atoms in total. The Morgan fingerprint density at radius 3 is 2.28 bits per heavy atom. The van der Waals surface area contributed by atoms with Gasteiger partial charge in [0.2, 0.25) is 0 Å². The zero-order valence-electron chi connectivity index (χ0n) is 17.2. The lowest BCUT2D eigenvalue weighted by atomic mass is 9.78. The van der Waals surface area contributed by atoms with Crippen LogP contribution in [0.3, 0.4) is 0 Å². The fraction of sp³-hybridized carbons (Fsp3) is 0.333. The monoisotopic (exact) mass is 414 g/mol. The van der Waals surface area contributed by atoms with E-state index >= 15 is 0 Å². The smallest absolute Gasteiger partial charge is 0.427 e. The lowest BCUT2D eigenvalue weighted by molar-refractivity contribution is -0.131. The fourth-order valence-electron chi connectivity index (χ4n) is 2.79. The maximum Gasteiger partial charge on any atom is 0.494 e. The molecule has 152 valence electrons. The number of carbonyl (C=O) groups is 1. The summed E-state index contributed by atoms with van der Waals surface area (Å²) in [5, 5.41) is 0.406. The van der Waals surface area contributed by atoms with Crippen molar-refractivity contribution in [3.8, 4) is 5.75 Å². The maximum atomic E-state index is 11.0. The molecule has 0 bridgehead atoms. The van der Waals surface area contributed by atoms with Crippen molar-refractivity contribution in [2.24, 2.45) is 4.99 Å². The third-order valence-electron chi connectivity index (χ3n) is 5.16. The molecule has 0 aliphatic carbocycles. The van der Waals surface area contributed by atoms with Gasteiger partial charge in [-0.3, -0.25) is 9.79 Å². The Balaban J connectivity index is 1.85. The Labute approximate surface area is 176 Å². The van der Waals surface area contributed by atoms with Gasteiger partial charge in [-0.05, 0) is 63.5 Å². The highest BCUT2D eigenvalue weighted by Crippen LogP contribution is 2.37. The minimum atomic E-state index is -0.548. The number of anilines is 1. The van der Waals surface area contributed by atoms with Gasteiger partial charge in [-0.1, -0.05) is 17.7 Å². The molecule has 2 aromatic rings. The lowest BCUT2D eigenvalue weighted by Crippen LogP contribution is -2.41. The molecule has 0 spiro atoms. The Bertz CT molecular complexity index is 942. The number of ether oxygens (including phenoxy) is 1. The Kier molecular flexibility index (Phi) is 5.76. The largest absolute Gasteiger partial charge is 0.494 e. The minimum absolute atomic E-state index is 0.372. The molecule has 3 rings (SSSR count). The summed E-state index contributed by atoms with van der Waals surface area (Å²) in [6.07, 6.45) is 1.64. The fourth-order valence-corrected chi connectivity index (χ4v) is 3.03. The Morgan fingerprint density at radius 2 is 1.72 bits per heavy atom. The number of nitrogens with two attached hydrogens (primary N) is 1. The number of nitrogen functional groups attached to an aromatic ring is 1. The average molecular weight is 415 g/mol. The first-order valence-electron chi connectivity index (χ1n) is 9.25. The van der Waals surface area contributed by atoms with Gasteiger partial charge in [-0.25, -0.2) is 0 Å². The predicted octanol–water partition coefficient (Wildman–Crippen LogP) is 3.90. The van der Waals surface area contributed by atoms with Crippen LogP contribution in [-0.4, -0.2) is 30.5 Å². The van der Waals surface area contributed by atoms with Gasteiger partial charge in [0, 0.05) is 18.7 Å². The third-order valence-corrected chi connectivity index (χ3v) is 5.47. The van der Waals surface area contributed by atoms with Gasteiger partial charge in [0.15, 0.2) is 0 Å². The van der Waals surface area contributed by atoms with E-state index in [0.717, 1.165) is 5.46 Å². The quantitative estimate of drug-likeness (QED) is 0.270. The number of esters is 1. The van der Waals surface area contributed by atoms with Crippen LogP contribution in [0.15, 0.2) is 41.4 Å². The van der Waals surface area contributed by atoms with E-state index in [-0.39, 0.29) is 5.97 Å². The molecule has 1 heterocycles. The Hall–Kier alpha value is -2.35. The van der Waals surface area contributed by atoms with Crippen LogP contribution in [0.2, 0.25) is 5.02 Å². The van der Waals surface area contributed by atoms with Crippen LogP contribution in [0.1, 0.15) is 40.2 Å². The summed E-state index contributed by atoms with van der Waals surface area (Å²) in [5.74, 6) is 0.0879. The maximum absolute atomic E-state index is 11.0. The van der Waals surface area contributed by atoms with Gasteiger partial charge in [0.05, 0.1) is 27.6 Å². The van der Waals surface area contributed by atoms with Gasteiger partial charge in [-0.2, -0.15) is 0 Å². The van der Waals surface area contributed by atoms with Crippen molar-refractivity contribution in [2.75, 3.05) is 5.73 Å². The third kappa shape index (κ3) is 4.63. The predicted molar refractivity (Wildman–Crippen MR) is 117 cm³/mol. The number of hydrogen-bond acceptors (Lipinski definition) is 6. The molecule has 0 radical (unpaired) electrons. The summed E-state index contributed by atoms with van der Waals surface area (Å²) in [4.78, 5) is 15.4. The molecule has 1 aliphatic rings. The first kappa shape index (κ1) is 21.4. The van der Waals surface area contributed by atoms with Crippen molar-refractivity contribution >= 4 is 47.7 Å². The van der Waals surface area contributed by atoms with E-state index in [1.807, 2.05) is 33.8 Å². The van der Waals surface area contributed by atoms with Crippen LogP contribution < -0.4 is 15.9 Å². The summed E-state index contributed by atoms with van der Waals surface area (Å²) in [6, 6.07) is 10.4. The normalized spacial score (nSPS) is 17.7. The van der Waals surface area contributed by atoms with Crippen molar-refractivity contribution in [3.05, 3.63) is 47.0 Å². The van der Waals surface area contributed by atoms with Crippen LogP contribution in [0.5, 0.6) is 5.75 Å². The molecule has 29 heavy (non-hydrogen) atoms. The first-order chi connectivity index (χ1) is 13.5. The van der Waals surface area contributed by atoms with Crippen LogP contribution in [0.25, 0.3) is 0 Å². The number of halogens is 1. The van der Waals surface area contributed by atoms with Gasteiger partial charge < -0.3 is 19.8 Å². The molecule has 0 aromatic heterocycles. The van der Waals surface area contributed by atoms with Crippen molar-refractivity contribution in [2.45, 2.75) is 45.8 Å². The molecule has 8 heteroatoms. The second kappa shape index (κ2) is 7.82. The van der Waals surface area contributed by atoms with Crippen molar-refractivity contribution in [1.82, 2.24) is 0 Å². The van der Waals surface area contributed by atoms with E-state index in [9.17, 15) is 4.79 Å². The van der Waals surface area contributed by atoms with Crippen LogP contribution >= 0.6 is 11.6 Å². The van der Waals surface area contributed by atoms with Gasteiger partial charge in [-0.15, -0.1) is 0 Å². The molecular weight excluding hydrogens is 391 g/mol. The molecular formula is C21H24BClN2O4. The van der Waals surface area contributed by atoms with Gasteiger partial charge >= 0.3 is 13.1 Å². The van der Waals surface area contributed by atoms with E-state index in [0.29, 0.717) is 27.7 Å². The Morgan fingerprint density at radius 1 is 1.14 bits per heavy atom. The number of carbonyl (C=O) groups excluding carboxylic acids is 1. The van der Waals surface area contributed by atoms with Crippen molar-refractivity contribution in [1.29, 1.82) is 0 Å². The van der Waals surface area contributed by atoms with Crippen LogP contribution in [0.4, 0.5) is 11.4 Å². The van der Waals surface area contributed by atoms with E-state index in [2.05, 4.69) is 4.99 Å². The standard InChI is InChI=1S/C21H24BClN2O4/c1-13(26)27-17-8-6-16(7-9-17)25-12-14-10-15(11-18(23)19(14)24)22-28-20(2,3)21(4,5)29-22/h6-12H,24H2,1-5H3. The zero-order chi connectivity index (χ0) is 21.4. The molecule has 2 N–H and O–H groups in total. The molecule has 0 atom stereocenters. The van der Waals surface area contributed by atoms with E-state index < -0.39 is 18.3 Å². The van der Waals surface area contributed by atoms with E-state index in [4.69, 9.17) is 31.4 Å². The van der Waals surface area contributed by atoms with Crippen LogP contribution in [-0.2, 0) is 14.1 Å². The topological polar surface area (TPSA) is 83.1 Å². The molecule has 0 unspecified atom stereocenters. The second-order valence-electron chi connectivity index (χ2n) is 7.94. The molecule has 2 aromatic carbocycles. The number of rotatable bonds is 4. The van der Waals surface area contributed by atoms with Crippen molar-refractivity contribution < 1.29 is 18.8 Å². The van der Waals surface area contributed by atoms with E-state index in [1.54, 1.807) is 36.5 Å². The summed E-state index contributed by atoms with van der Waals surface area (Å²) < 4.78 is 17.2. The van der Waals surface area contributed by atoms with Gasteiger partial charge in [0.25, 0.3) is 0 Å². The second-order valence-corrected chi connectivity index (χ2v) is 8.35. The van der Waals surface area contributed by atoms with Crippen molar-refractivity contribution in [3.63, 3.8) is 0 Å². The highest BCUT2D eigenvalue weighted by Gasteiger charge is 2.51. The highest BCUT2D eigenvalue weighted by molar-refractivity contribution is 6.62. The highest BCUT2D eigenvalue weighted by atomic mass is 35.5. The summed E-state index contributed by atoms with van der Waals surface area (Å²) >= 11 is 6.34. The lowest BCUT2D eigenvalue weighted by Gasteiger charge is -2.32. The molecule has 0 amide bonds. The minimum Gasteiger partial charge on any atom is -0.427 e. The van der Waals surface area contributed by atoms with Crippen LogP contribution in [0, 0.1) is 0 Å². The molecule has 1 aliphatic heterocycles. The zero-order valence-corrected chi connectivity index (χ0v) is 17.9. The summed E-state index contributed by atoms with van der Waals surface area (Å²) in [6.45, 7) is 9.33. The molecule has 1 saturated heterocycles. The number of hydrogen-bond donors (Lipinski definition) is 1. The number of benzene rings is 2. The first-order valence-corrected chi connectivity index (χ1v) is 9.63. The molecule has 1 fully saturated rings. The summed E-state index contributed by atoms with van der Waals surface area (Å²) in [7, 11) is -0.548. The number of aliphatic imine (C=N–C) groups is 1. The summed E-state index contributed by atoms with van der Waals surface area (Å²) in [5.41, 5.74) is 7.76. The average Bonchev–Trinajstić information content (AvgIpc) is 2.84. The number of nitrogens with zero attached hydrogens (tertiary/aromatic N) is 1.